The van der Waals surface area contributed by atoms with Crippen molar-refractivity contribution in [3.63, 3.8) is 0 Å². The van der Waals surface area contributed by atoms with E-state index >= 15 is 0 Å². The van der Waals surface area contributed by atoms with Gasteiger partial charge >= 0.3 is 0 Å². The van der Waals surface area contributed by atoms with Gasteiger partial charge in [0.15, 0.2) is 0 Å². The Kier molecular flexibility index (Phi) is 5.72. The van der Waals surface area contributed by atoms with Crippen LogP contribution in [-0.4, -0.2) is 49.4 Å². The molecule has 0 N–H and O–H groups in total. The lowest BCUT2D eigenvalue weighted by Crippen LogP contribution is -2.30. The molecular weight excluding hydrogens is 152 g/mol. The number of rotatable bonds is 2. The molecule has 1 heterocycles. The summed E-state index contributed by atoms with van der Waals surface area (Å²) in [5, 5.41) is 0. The summed E-state index contributed by atoms with van der Waals surface area (Å²) in [6, 6.07) is 0.574. The van der Waals surface area contributed by atoms with Gasteiger partial charge in [-0.15, -0.1) is 0 Å². The third kappa shape index (κ3) is 3.22. The zero-order valence-corrected chi connectivity index (χ0v) is 8.58. The summed E-state index contributed by atoms with van der Waals surface area (Å²) >= 11 is 0. The Morgan fingerprint density at radius 1 is 1.42 bits per heavy atom. The van der Waals surface area contributed by atoms with Crippen LogP contribution < -0.4 is 0 Å². The summed E-state index contributed by atoms with van der Waals surface area (Å²) < 4.78 is 0. The molecule has 12 heavy (non-hydrogen) atoms. The van der Waals surface area contributed by atoms with Crippen molar-refractivity contribution >= 4 is 6.41 Å². The van der Waals surface area contributed by atoms with Gasteiger partial charge in [-0.1, -0.05) is 13.8 Å². The molecule has 0 aromatic heterocycles. The normalized spacial score (nSPS) is 22.1. The molecule has 1 unspecified atom stereocenters. The van der Waals surface area contributed by atoms with Gasteiger partial charge in [0.05, 0.1) is 0 Å². The number of likely N-dealkylation sites (tertiary alicyclic amines) is 1. The maximum atomic E-state index is 10.3. The minimum atomic E-state index is 0.574. The average molecular weight is 172 g/mol. The highest BCUT2D eigenvalue weighted by atomic mass is 16.1. The van der Waals surface area contributed by atoms with E-state index in [1.807, 2.05) is 18.7 Å². The maximum absolute atomic E-state index is 10.3. The molecule has 1 fully saturated rings. The van der Waals surface area contributed by atoms with Crippen LogP contribution in [0.3, 0.4) is 0 Å². The van der Waals surface area contributed by atoms with Crippen LogP contribution >= 0.6 is 0 Å². The Morgan fingerprint density at radius 2 is 2.00 bits per heavy atom. The van der Waals surface area contributed by atoms with Crippen LogP contribution in [0.2, 0.25) is 0 Å². The van der Waals surface area contributed by atoms with Crippen LogP contribution in [0.4, 0.5) is 0 Å². The van der Waals surface area contributed by atoms with Crippen LogP contribution in [0.15, 0.2) is 0 Å². The number of likely N-dealkylation sites (N-methyl/N-ethyl adjacent to an activating group) is 1. The van der Waals surface area contributed by atoms with Gasteiger partial charge in [0, 0.05) is 19.1 Å². The lowest BCUT2D eigenvalue weighted by molar-refractivity contribution is -0.117. The first-order valence-electron chi connectivity index (χ1n) is 4.60. The van der Waals surface area contributed by atoms with E-state index in [0.717, 1.165) is 25.9 Å². The Balaban J connectivity index is 0.000000561. The first kappa shape index (κ1) is 11.4. The lowest BCUT2D eigenvalue weighted by Gasteiger charge is -2.17. The maximum Gasteiger partial charge on any atom is 0.209 e. The summed E-state index contributed by atoms with van der Waals surface area (Å²) in [7, 11) is 4.11. The van der Waals surface area contributed by atoms with Crippen molar-refractivity contribution in [2.45, 2.75) is 26.3 Å². The van der Waals surface area contributed by atoms with E-state index in [0.29, 0.717) is 6.04 Å². The quantitative estimate of drug-likeness (QED) is 0.575. The van der Waals surface area contributed by atoms with Crippen LogP contribution in [0.5, 0.6) is 0 Å². The van der Waals surface area contributed by atoms with Crippen LogP contribution in [0.25, 0.3) is 0 Å². The second-order valence-corrected chi connectivity index (χ2v) is 3.01. The van der Waals surface area contributed by atoms with Crippen molar-refractivity contribution in [3.05, 3.63) is 0 Å². The van der Waals surface area contributed by atoms with Gasteiger partial charge in [0.25, 0.3) is 0 Å². The summed E-state index contributed by atoms with van der Waals surface area (Å²) in [4.78, 5) is 14.3. The topological polar surface area (TPSA) is 23.6 Å². The molecule has 3 heteroatoms. The van der Waals surface area contributed by atoms with Crippen molar-refractivity contribution in [1.29, 1.82) is 0 Å². The molecule has 0 aliphatic carbocycles. The van der Waals surface area contributed by atoms with Gasteiger partial charge < -0.3 is 9.80 Å². The zero-order valence-electron chi connectivity index (χ0n) is 8.58. The molecule has 1 aliphatic rings. The van der Waals surface area contributed by atoms with Gasteiger partial charge in [-0.05, 0) is 20.5 Å². The minimum Gasteiger partial charge on any atom is -0.344 e. The van der Waals surface area contributed by atoms with E-state index < -0.39 is 0 Å². The summed E-state index contributed by atoms with van der Waals surface area (Å²) in [6.07, 6.45) is 2.05. The van der Waals surface area contributed by atoms with E-state index in [-0.39, 0.29) is 0 Å². The highest BCUT2D eigenvalue weighted by Gasteiger charge is 2.21. The number of carbonyl (C=O) groups is 1. The number of amides is 1. The zero-order chi connectivity index (χ0) is 9.56. The van der Waals surface area contributed by atoms with Crippen LogP contribution in [-0.2, 0) is 4.79 Å². The molecule has 1 saturated heterocycles. The first-order valence-corrected chi connectivity index (χ1v) is 4.60. The summed E-state index contributed by atoms with van der Waals surface area (Å²) in [6.45, 7) is 5.82. The Labute approximate surface area is 75.3 Å². The van der Waals surface area contributed by atoms with Gasteiger partial charge in [-0.3, -0.25) is 4.79 Å². The van der Waals surface area contributed by atoms with Crippen molar-refractivity contribution in [1.82, 2.24) is 9.80 Å². The molecular formula is C9H20N2O. The predicted octanol–water partition coefficient (Wildman–Crippen LogP) is 0.805. The SMILES string of the molecule is CC.CN(C)C1CCN(C=O)C1. The molecule has 0 aromatic carbocycles. The third-order valence-electron chi connectivity index (χ3n) is 2.07. The average Bonchev–Trinajstić information content (AvgIpc) is 2.55. The molecule has 0 bridgehead atoms. The van der Waals surface area contributed by atoms with Crippen molar-refractivity contribution in [3.8, 4) is 0 Å². The second-order valence-electron chi connectivity index (χ2n) is 3.01. The fourth-order valence-corrected chi connectivity index (χ4v) is 1.29. The molecule has 0 aromatic rings. The largest absolute Gasteiger partial charge is 0.344 e. The monoisotopic (exact) mass is 172 g/mol. The van der Waals surface area contributed by atoms with E-state index in [2.05, 4.69) is 19.0 Å². The number of hydrogen-bond donors (Lipinski definition) is 0. The standard InChI is InChI=1S/C7H14N2O.C2H6/c1-8(2)7-3-4-9(5-7)6-10;1-2/h6-7H,3-5H2,1-2H3;1-2H3. The molecule has 1 aliphatic heterocycles. The number of hydrogen-bond acceptors (Lipinski definition) is 2. The predicted molar refractivity (Wildman–Crippen MR) is 51.1 cm³/mol. The van der Waals surface area contributed by atoms with E-state index in [1.165, 1.54) is 0 Å². The van der Waals surface area contributed by atoms with Crippen molar-refractivity contribution in [2.75, 3.05) is 27.2 Å². The number of carbonyl (C=O) groups excluding carboxylic acids is 1. The molecule has 72 valence electrons. The molecule has 3 nitrogen and oxygen atoms in total. The van der Waals surface area contributed by atoms with Gasteiger partial charge in [0.1, 0.15) is 0 Å². The van der Waals surface area contributed by atoms with E-state index in [9.17, 15) is 4.79 Å². The highest BCUT2D eigenvalue weighted by molar-refractivity contribution is 5.47. The first-order chi connectivity index (χ1) is 5.74. The minimum absolute atomic E-state index is 0.574. The number of nitrogens with zero attached hydrogens (tertiary/aromatic N) is 2. The second kappa shape index (κ2) is 6.00. The Morgan fingerprint density at radius 3 is 2.25 bits per heavy atom. The van der Waals surface area contributed by atoms with Crippen molar-refractivity contribution in [2.24, 2.45) is 0 Å². The molecule has 1 amide bonds. The summed E-state index contributed by atoms with van der Waals surface area (Å²) in [5.41, 5.74) is 0. The molecule has 1 atom stereocenters. The fraction of sp³-hybridized carbons (Fsp3) is 0.889. The Hall–Kier alpha value is -0.570. The van der Waals surface area contributed by atoms with Crippen molar-refractivity contribution < 1.29 is 4.79 Å². The molecule has 0 radical (unpaired) electrons. The van der Waals surface area contributed by atoms with Gasteiger partial charge in [0.2, 0.25) is 6.41 Å². The van der Waals surface area contributed by atoms with E-state index in [4.69, 9.17) is 0 Å². The molecule has 0 spiro atoms. The third-order valence-corrected chi connectivity index (χ3v) is 2.07. The molecule has 0 saturated carbocycles. The molecule has 1 rings (SSSR count). The van der Waals surface area contributed by atoms with Gasteiger partial charge in [-0.25, -0.2) is 0 Å². The fourth-order valence-electron chi connectivity index (χ4n) is 1.29. The smallest absolute Gasteiger partial charge is 0.209 e. The van der Waals surface area contributed by atoms with E-state index in [1.54, 1.807) is 0 Å². The highest BCUT2D eigenvalue weighted by Crippen LogP contribution is 2.10. The van der Waals surface area contributed by atoms with Gasteiger partial charge in [-0.2, -0.15) is 0 Å². The van der Waals surface area contributed by atoms with Crippen LogP contribution in [0, 0.1) is 0 Å². The summed E-state index contributed by atoms with van der Waals surface area (Å²) in [5.74, 6) is 0. The lowest BCUT2D eigenvalue weighted by atomic mass is 10.2. The Bertz CT molecular complexity index is 126. The van der Waals surface area contributed by atoms with Crippen LogP contribution in [0.1, 0.15) is 20.3 Å².